The number of aromatic nitrogens is 3. The third-order valence-corrected chi connectivity index (χ3v) is 5.48. The number of anilines is 1. The summed E-state index contributed by atoms with van der Waals surface area (Å²) in [5.74, 6) is 1.43. The topological polar surface area (TPSA) is 113 Å². The SMILES string of the molecule is CCc1ncnc(-c2ccc(OC)c(OC)c2OC)c1-c1cnc(C)c(NS(C)(=O)=O)c1. The van der Waals surface area contributed by atoms with Crippen molar-refractivity contribution >= 4 is 15.7 Å². The fraction of sp³-hybridized carbons (Fsp3) is 0.318. The maximum Gasteiger partial charge on any atom is 0.229 e. The minimum absolute atomic E-state index is 0.390. The largest absolute Gasteiger partial charge is 0.493 e. The van der Waals surface area contributed by atoms with Gasteiger partial charge in [0, 0.05) is 22.9 Å². The number of methoxy groups -OCH3 is 3. The molecule has 0 radical (unpaired) electrons. The highest BCUT2D eigenvalue weighted by atomic mass is 32.2. The van der Waals surface area contributed by atoms with Crippen LogP contribution in [-0.2, 0) is 16.4 Å². The second kappa shape index (κ2) is 9.39. The Bertz CT molecular complexity index is 1250. The molecule has 32 heavy (non-hydrogen) atoms. The molecule has 0 atom stereocenters. The fourth-order valence-corrected chi connectivity index (χ4v) is 4.06. The highest BCUT2D eigenvalue weighted by molar-refractivity contribution is 7.92. The maximum absolute atomic E-state index is 11.8. The molecule has 0 saturated heterocycles. The number of benzene rings is 1. The van der Waals surface area contributed by atoms with Gasteiger partial charge in [-0.05, 0) is 31.5 Å². The smallest absolute Gasteiger partial charge is 0.229 e. The monoisotopic (exact) mass is 458 g/mol. The van der Waals surface area contributed by atoms with E-state index in [1.807, 2.05) is 13.0 Å². The lowest BCUT2D eigenvalue weighted by molar-refractivity contribution is 0.325. The van der Waals surface area contributed by atoms with Gasteiger partial charge in [0.1, 0.15) is 6.33 Å². The second-order valence-electron chi connectivity index (χ2n) is 7.01. The number of ether oxygens (including phenoxy) is 3. The molecule has 1 aromatic carbocycles. The van der Waals surface area contributed by atoms with Crippen molar-refractivity contribution in [2.24, 2.45) is 0 Å². The Balaban J connectivity index is 2.32. The molecule has 0 aliphatic rings. The van der Waals surface area contributed by atoms with Gasteiger partial charge in [-0.15, -0.1) is 0 Å². The van der Waals surface area contributed by atoms with E-state index in [-0.39, 0.29) is 0 Å². The normalized spacial score (nSPS) is 11.2. The summed E-state index contributed by atoms with van der Waals surface area (Å²) >= 11 is 0. The number of rotatable bonds is 8. The van der Waals surface area contributed by atoms with E-state index < -0.39 is 10.0 Å². The molecular formula is C22H26N4O5S. The van der Waals surface area contributed by atoms with E-state index >= 15 is 0 Å². The summed E-state index contributed by atoms with van der Waals surface area (Å²) in [6.07, 6.45) is 4.90. The molecule has 3 aromatic rings. The molecule has 0 aliphatic heterocycles. The molecule has 9 nitrogen and oxygen atoms in total. The van der Waals surface area contributed by atoms with Crippen LogP contribution >= 0.6 is 0 Å². The number of nitrogens with zero attached hydrogens (tertiary/aromatic N) is 3. The first-order valence-corrected chi connectivity index (χ1v) is 11.7. The summed E-state index contributed by atoms with van der Waals surface area (Å²) in [4.78, 5) is 13.4. The van der Waals surface area contributed by atoms with Crippen LogP contribution in [0.15, 0.2) is 30.7 Å². The highest BCUT2D eigenvalue weighted by Crippen LogP contribution is 2.46. The third-order valence-electron chi connectivity index (χ3n) is 4.89. The summed E-state index contributed by atoms with van der Waals surface area (Å²) in [7, 11) is 1.16. The molecule has 1 N–H and O–H groups in total. The Kier molecular flexibility index (Phi) is 6.83. The molecule has 0 bridgehead atoms. The van der Waals surface area contributed by atoms with Gasteiger partial charge in [0.05, 0.1) is 50.4 Å². The van der Waals surface area contributed by atoms with Crippen molar-refractivity contribution in [2.45, 2.75) is 20.3 Å². The van der Waals surface area contributed by atoms with E-state index in [1.54, 1.807) is 39.5 Å². The fourth-order valence-electron chi connectivity index (χ4n) is 3.46. The van der Waals surface area contributed by atoms with Gasteiger partial charge in [-0.2, -0.15) is 0 Å². The highest BCUT2D eigenvalue weighted by Gasteiger charge is 2.23. The Labute approximate surface area is 187 Å². The summed E-state index contributed by atoms with van der Waals surface area (Å²) in [5, 5.41) is 0. The number of hydrogen-bond acceptors (Lipinski definition) is 8. The van der Waals surface area contributed by atoms with Crippen LogP contribution in [0.5, 0.6) is 17.2 Å². The van der Waals surface area contributed by atoms with Crippen LogP contribution in [0, 0.1) is 6.92 Å². The average molecular weight is 459 g/mol. The lowest BCUT2D eigenvalue weighted by atomic mass is 9.96. The molecular weight excluding hydrogens is 432 g/mol. The van der Waals surface area contributed by atoms with Crippen LogP contribution in [0.2, 0.25) is 0 Å². The van der Waals surface area contributed by atoms with E-state index in [9.17, 15) is 8.42 Å². The lowest BCUT2D eigenvalue weighted by Gasteiger charge is -2.19. The van der Waals surface area contributed by atoms with E-state index in [1.165, 1.54) is 13.4 Å². The molecule has 0 aliphatic carbocycles. The first-order valence-electron chi connectivity index (χ1n) is 9.82. The molecule has 2 heterocycles. The summed E-state index contributed by atoms with van der Waals surface area (Å²) in [6.45, 7) is 3.72. The average Bonchev–Trinajstić information content (AvgIpc) is 2.77. The van der Waals surface area contributed by atoms with Gasteiger partial charge in [0.2, 0.25) is 15.8 Å². The number of sulfonamides is 1. The predicted molar refractivity (Wildman–Crippen MR) is 123 cm³/mol. The molecule has 0 spiro atoms. The van der Waals surface area contributed by atoms with Crippen LogP contribution in [0.3, 0.4) is 0 Å². The first-order chi connectivity index (χ1) is 15.2. The van der Waals surface area contributed by atoms with E-state index in [2.05, 4.69) is 19.7 Å². The standard InChI is InChI=1S/C22H26N4O5S/c1-7-16-19(14-10-17(13(2)23-11-14)26-32(6,27)28)20(25-12-24-16)15-8-9-18(29-3)22(31-5)21(15)30-4/h8-12,26H,7H2,1-6H3. The van der Waals surface area contributed by atoms with E-state index in [4.69, 9.17) is 14.2 Å². The minimum Gasteiger partial charge on any atom is -0.493 e. The van der Waals surface area contributed by atoms with Crippen LogP contribution in [0.4, 0.5) is 5.69 Å². The Morgan fingerprint density at radius 3 is 2.31 bits per heavy atom. The van der Waals surface area contributed by atoms with Crippen molar-refractivity contribution in [3.8, 4) is 39.6 Å². The van der Waals surface area contributed by atoms with Crippen molar-refractivity contribution in [1.82, 2.24) is 15.0 Å². The van der Waals surface area contributed by atoms with Crippen LogP contribution in [0.1, 0.15) is 18.3 Å². The Morgan fingerprint density at radius 1 is 1.00 bits per heavy atom. The molecule has 0 unspecified atom stereocenters. The van der Waals surface area contributed by atoms with Gasteiger partial charge in [0.15, 0.2) is 11.5 Å². The molecule has 0 amide bonds. The van der Waals surface area contributed by atoms with Crippen molar-refractivity contribution in [3.05, 3.63) is 42.1 Å². The Hall–Kier alpha value is -3.40. The molecule has 10 heteroatoms. The molecule has 3 rings (SSSR count). The molecule has 2 aromatic heterocycles. The second-order valence-corrected chi connectivity index (χ2v) is 8.76. The van der Waals surface area contributed by atoms with Gasteiger partial charge in [0.25, 0.3) is 0 Å². The van der Waals surface area contributed by atoms with Crippen LogP contribution in [0.25, 0.3) is 22.4 Å². The van der Waals surface area contributed by atoms with Gasteiger partial charge >= 0.3 is 0 Å². The zero-order valence-electron chi connectivity index (χ0n) is 18.9. The van der Waals surface area contributed by atoms with E-state index in [0.29, 0.717) is 51.9 Å². The van der Waals surface area contributed by atoms with Crippen molar-refractivity contribution < 1.29 is 22.6 Å². The third kappa shape index (κ3) is 4.59. The number of pyridine rings is 1. The molecule has 170 valence electrons. The van der Waals surface area contributed by atoms with Crippen LogP contribution < -0.4 is 18.9 Å². The quantitative estimate of drug-likeness (QED) is 0.546. The number of aryl methyl sites for hydroxylation is 2. The zero-order chi connectivity index (χ0) is 23.5. The predicted octanol–water partition coefficient (Wildman–Crippen LogP) is 3.47. The summed E-state index contributed by atoms with van der Waals surface area (Å²) in [5.41, 5.74) is 4.40. The molecule has 0 fully saturated rings. The van der Waals surface area contributed by atoms with Crippen LogP contribution in [-0.4, -0.2) is 51.0 Å². The number of hydrogen-bond donors (Lipinski definition) is 1. The lowest BCUT2D eigenvalue weighted by Crippen LogP contribution is -2.11. The van der Waals surface area contributed by atoms with Crippen molar-refractivity contribution in [2.75, 3.05) is 32.3 Å². The summed E-state index contributed by atoms with van der Waals surface area (Å²) in [6, 6.07) is 5.35. The van der Waals surface area contributed by atoms with Crippen molar-refractivity contribution in [3.63, 3.8) is 0 Å². The zero-order valence-corrected chi connectivity index (χ0v) is 19.7. The van der Waals surface area contributed by atoms with Crippen molar-refractivity contribution in [1.29, 1.82) is 0 Å². The first kappa shape index (κ1) is 23.3. The summed E-state index contributed by atoms with van der Waals surface area (Å²) < 4.78 is 42.7. The van der Waals surface area contributed by atoms with E-state index in [0.717, 1.165) is 17.5 Å². The van der Waals surface area contributed by atoms with Gasteiger partial charge < -0.3 is 14.2 Å². The van der Waals surface area contributed by atoms with Gasteiger partial charge in [-0.1, -0.05) is 6.92 Å². The van der Waals surface area contributed by atoms with Gasteiger partial charge in [-0.25, -0.2) is 18.4 Å². The maximum atomic E-state index is 11.8. The Morgan fingerprint density at radius 2 is 1.72 bits per heavy atom. The van der Waals surface area contributed by atoms with Gasteiger partial charge in [-0.3, -0.25) is 9.71 Å². The number of nitrogens with one attached hydrogen (secondary N) is 1. The molecule has 0 saturated carbocycles. The minimum atomic E-state index is -3.48.